The average Bonchev–Trinajstić information content (AvgIpc) is 2.95. The number of imide groups is 1. The first-order valence-electron chi connectivity index (χ1n) is 10.9. The summed E-state index contributed by atoms with van der Waals surface area (Å²) in [7, 11) is 0. The molecule has 1 fully saturated rings. The summed E-state index contributed by atoms with van der Waals surface area (Å²) < 4.78 is 5.51. The molecular weight excluding hydrogens is 408 g/mol. The van der Waals surface area contributed by atoms with Crippen molar-refractivity contribution in [3.8, 4) is 5.75 Å². The molecule has 6 heteroatoms. The first-order valence-corrected chi connectivity index (χ1v) is 11.8. The molecule has 2 aromatic rings. The van der Waals surface area contributed by atoms with E-state index in [4.69, 9.17) is 4.74 Å². The van der Waals surface area contributed by atoms with E-state index in [1.165, 1.54) is 16.7 Å². The van der Waals surface area contributed by atoms with Gasteiger partial charge in [-0.2, -0.15) is 0 Å². The van der Waals surface area contributed by atoms with Crippen molar-refractivity contribution in [3.05, 3.63) is 64.7 Å². The van der Waals surface area contributed by atoms with E-state index in [1.807, 2.05) is 38.1 Å². The lowest BCUT2D eigenvalue weighted by Crippen LogP contribution is -2.35. The zero-order valence-electron chi connectivity index (χ0n) is 18.1. The molecule has 0 atom stereocenters. The zero-order valence-corrected chi connectivity index (χ0v) is 18.9. The largest absolute Gasteiger partial charge is 0.494 e. The Kier molecular flexibility index (Phi) is 6.66. The van der Waals surface area contributed by atoms with Crippen LogP contribution in [-0.2, 0) is 9.59 Å². The Morgan fingerprint density at radius 2 is 1.52 bits per heavy atom. The number of benzene rings is 2. The van der Waals surface area contributed by atoms with Crippen molar-refractivity contribution < 1.29 is 14.3 Å². The maximum atomic E-state index is 13.6. The summed E-state index contributed by atoms with van der Waals surface area (Å²) in [4.78, 5) is 32.0. The van der Waals surface area contributed by atoms with Crippen LogP contribution in [0.15, 0.2) is 64.0 Å². The lowest BCUT2D eigenvalue weighted by atomic mass is 10.2. The predicted octanol–water partition coefficient (Wildman–Crippen LogP) is 5.15. The molecule has 2 aliphatic heterocycles. The van der Waals surface area contributed by atoms with E-state index in [1.54, 1.807) is 24.3 Å². The number of hydrogen-bond donors (Lipinski definition) is 0. The molecule has 0 saturated carbocycles. The van der Waals surface area contributed by atoms with Gasteiger partial charge in [-0.05, 0) is 63.1 Å². The van der Waals surface area contributed by atoms with E-state index in [9.17, 15) is 9.59 Å². The van der Waals surface area contributed by atoms with Gasteiger partial charge in [0.25, 0.3) is 11.8 Å². The van der Waals surface area contributed by atoms with E-state index >= 15 is 0 Å². The van der Waals surface area contributed by atoms with Gasteiger partial charge in [0.2, 0.25) is 0 Å². The fraction of sp³-hybridized carbons (Fsp3) is 0.360. The van der Waals surface area contributed by atoms with Crippen molar-refractivity contribution in [2.45, 2.75) is 44.4 Å². The van der Waals surface area contributed by atoms with Gasteiger partial charge >= 0.3 is 0 Å². The highest BCUT2D eigenvalue weighted by Gasteiger charge is 2.42. The molecular formula is C25H28N2O3S. The third-order valence-electron chi connectivity index (χ3n) is 5.59. The lowest BCUT2D eigenvalue weighted by molar-refractivity contribution is -0.121. The first-order chi connectivity index (χ1) is 15.1. The minimum absolute atomic E-state index is 0.231. The fourth-order valence-corrected chi connectivity index (χ4v) is 4.98. The molecule has 0 N–H and O–H groups in total. The van der Waals surface area contributed by atoms with Crippen molar-refractivity contribution in [1.82, 2.24) is 4.90 Å². The van der Waals surface area contributed by atoms with Crippen LogP contribution >= 0.6 is 11.8 Å². The number of likely N-dealkylation sites (tertiary alicyclic amines) is 1. The SMILES string of the molecule is CCOc1ccc(N2C(=O)C(Sc3ccc(C)cc3)=C(N3CCCCCC3)C2=O)cc1. The number of ether oxygens (including phenoxy) is 1. The van der Waals surface area contributed by atoms with Crippen LogP contribution in [0.3, 0.4) is 0 Å². The van der Waals surface area contributed by atoms with Gasteiger partial charge in [0.15, 0.2) is 0 Å². The molecule has 162 valence electrons. The number of rotatable bonds is 6. The van der Waals surface area contributed by atoms with Crippen LogP contribution < -0.4 is 9.64 Å². The van der Waals surface area contributed by atoms with E-state index in [-0.39, 0.29) is 11.8 Å². The second-order valence-electron chi connectivity index (χ2n) is 7.87. The van der Waals surface area contributed by atoms with Gasteiger partial charge in [-0.15, -0.1) is 0 Å². The van der Waals surface area contributed by atoms with Gasteiger partial charge in [-0.1, -0.05) is 42.3 Å². The number of thioether (sulfide) groups is 1. The van der Waals surface area contributed by atoms with Crippen LogP contribution in [0.1, 0.15) is 38.2 Å². The Labute approximate surface area is 188 Å². The van der Waals surface area contributed by atoms with Gasteiger partial charge < -0.3 is 9.64 Å². The highest BCUT2D eigenvalue weighted by Crippen LogP contribution is 2.39. The zero-order chi connectivity index (χ0) is 21.8. The summed E-state index contributed by atoms with van der Waals surface area (Å²) in [5.41, 5.74) is 2.28. The van der Waals surface area contributed by atoms with Gasteiger partial charge in [-0.25, -0.2) is 4.90 Å². The molecule has 31 heavy (non-hydrogen) atoms. The number of aryl methyl sites for hydroxylation is 1. The summed E-state index contributed by atoms with van der Waals surface area (Å²) >= 11 is 1.39. The molecule has 2 aromatic carbocycles. The standard InChI is InChI=1S/C25H28N2O3S/c1-3-30-20-12-10-19(11-13-20)27-24(28)22(26-16-6-4-5-7-17-26)23(25(27)29)31-21-14-8-18(2)9-15-21/h8-15H,3-7,16-17H2,1-2H3. The van der Waals surface area contributed by atoms with Crippen molar-refractivity contribution in [2.75, 3.05) is 24.6 Å². The van der Waals surface area contributed by atoms with E-state index in [0.717, 1.165) is 55.0 Å². The second-order valence-corrected chi connectivity index (χ2v) is 8.95. The van der Waals surface area contributed by atoms with Crippen molar-refractivity contribution >= 4 is 29.3 Å². The van der Waals surface area contributed by atoms with Crippen LogP contribution in [0.2, 0.25) is 0 Å². The van der Waals surface area contributed by atoms with Gasteiger partial charge in [0.05, 0.1) is 12.3 Å². The third kappa shape index (κ3) is 4.64. The summed E-state index contributed by atoms with van der Waals surface area (Å²) in [5.74, 6) is 0.241. The Morgan fingerprint density at radius 3 is 2.13 bits per heavy atom. The fourth-order valence-electron chi connectivity index (χ4n) is 3.98. The molecule has 0 aromatic heterocycles. The number of hydrogen-bond acceptors (Lipinski definition) is 5. The normalized spacial score (nSPS) is 17.4. The molecule has 0 radical (unpaired) electrons. The van der Waals surface area contributed by atoms with Crippen LogP contribution in [0.4, 0.5) is 5.69 Å². The molecule has 2 heterocycles. The summed E-state index contributed by atoms with van der Waals surface area (Å²) in [6.45, 7) is 6.15. The summed E-state index contributed by atoms with van der Waals surface area (Å²) in [6.07, 6.45) is 4.40. The molecule has 2 amide bonds. The molecule has 0 bridgehead atoms. The van der Waals surface area contributed by atoms with Crippen LogP contribution in [0.25, 0.3) is 0 Å². The second kappa shape index (κ2) is 9.60. The number of carbonyl (C=O) groups excluding carboxylic acids is 2. The molecule has 1 saturated heterocycles. The Balaban J connectivity index is 1.69. The van der Waals surface area contributed by atoms with E-state index in [2.05, 4.69) is 4.90 Å². The predicted molar refractivity (Wildman–Crippen MR) is 124 cm³/mol. The highest BCUT2D eigenvalue weighted by atomic mass is 32.2. The molecule has 0 spiro atoms. The summed E-state index contributed by atoms with van der Waals surface area (Å²) in [5, 5.41) is 0. The lowest BCUT2D eigenvalue weighted by Gasteiger charge is -2.24. The van der Waals surface area contributed by atoms with Crippen LogP contribution in [-0.4, -0.2) is 36.4 Å². The smallest absolute Gasteiger partial charge is 0.283 e. The van der Waals surface area contributed by atoms with Gasteiger partial charge in [0, 0.05) is 18.0 Å². The van der Waals surface area contributed by atoms with Crippen LogP contribution in [0.5, 0.6) is 5.75 Å². The minimum atomic E-state index is -0.251. The van der Waals surface area contributed by atoms with Crippen molar-refractivity contribution in [3.63, 3.8) is 0 Å². The van der Waals surface area contributed by atoms with Crippen LogP contribution in [0, 0.1) is 6.92 Å². The Bertz CT molecular complexity index is 975. The molecule has 2 aliphatic rings. The average molecular weight is 437 g/mol. The first kappa shape index (κ1) is 21.5. The number of carbonyl (C=O) groups is 2. The third-order valence-corrected chi connectivity index (χ3v) is 6.67. The Hall–Kier alpha value is -2.73. The highest BCUT2D eigenvalue weighted by molar-refractivity contribution is 8.04. The Morgan fingerprint density at radius 1 is 0.871 bits per heavy atom. The molecule has 5 nitrogen and oxygen atoms in total. The van der Waals surface area contributed by atoms with E-state index in [0.29, 0.717) is 22.9 Å². The van der Waals surface area contributed by atoms with Gasteiger partial charge in [-0.3, -0.25) is 9.59 Å². The number of anilines is 1. The number of nitrogens with zero attached hydrogens (tertiary/aromatic N) is 2. The topological polar surface area (TPSA) is 49.9 Å². The summed E-state index contributed by atoms with van der Waals surface area (Å²) in [6, 6.07) is 15.2. The van der Waals surface area contributed by atoms with Crippen molar-refractivity contribution in [2.24, 2.45) is 0 Å². The maximum Gasteiger partial charge on any atom is 0.283 e. The molecule has 0 unspecified atom stereocenters. The van der Waals surface area contributed by atoms with Gasteiger partial charge in [0.1, 0.15) is 16.4 Å². The van der Waals surface area contributed by atoms with E-state index < -0.39 is 0 Å². The van der Waals surface area contributed by atoms with Crippen molar-refractivity contribution in [1.29, 1.82) is 0 Å². The molecule has 4 rings (SSSR count). The monoisotopic (exact) mass is 436 g/mol. The minimum Gasteiger partial charge on any atom is -0.494 e. The quantitative estimate of drug-likeness (QED) is 0.587. The number of amides is 2. The maximum absolute atomic E-state index is 13.6. The molecule has 0 aliphatic carbocycles.